The summed E-state index contributed by atoms with van der Waals surface area (Å²) in [6.45, 7) is 4.12. The lowest BCUT2D eigenvalue weighted by Crippen LogP contribution is -2.51. The van der Waals surface area contributed by atoms with E-state index in [1.54, 1.807) is 7.05 Å². The van der Waals surface area contributed by atoms with Crippen LogP contribution in [0.5, 0.6) is 0 Å². The number of thioether (sulfide) groups is 1. The molecule has 0 saturated carbocycles. The summed E-state index contributed by atoms with van der Waals surface area (Å²) in [4.78, 5) is 38.0. The number of oxazole rings is 1. The Morgan fingerprint density at radius 3 is 2.59 bits per heavy atom. The van der Waals surface area contributed by atoms with Crippen molar-refractivity contribution in [3.8, 4) is 0 Å². The molecule has 4 aromatic rings. The zero-order valence-corrected chi connectivity index (χ0v) is 19.2. The van der Waals surface area contributed by atoms with E-state index in [0.29, 0.717) is 28.7 Å². The zero-order valence-electron chi connectivity index (χ0n) is 18.4. The number of imidazole rings is 1. The number of aromatic nitrogens is 5. The second-order valence-corrected chi connectivity index (χ2v) is 9.14. The largest absolute Gasteiger partial charge is 0.431 e. The highest BCUT2D eigenvalue weighted by Crippen LogP contribution is 2.23. The van der Waals surface area contributed by atoms with Gasteiger partial charge in [0.25, 0.3) is 10.8 Å². The summed E-state index contributed by atoms with van der Waals surface area (Å²) in [5, 5.41) is 0.605. The highest BCUT2D eigenvalue weighted by molar-refractivity contribution is 7.99. The minimum Gasteiger partial charge on any atom is -0.431 e. The second-order valence-electron chi connectivity index (χ2n) is 8.09. The van der Waals surface area contributed by atoms with Crippen molar-refractivity contribution >= 4 is 40.0 Å². The summed E-state index contributed by atoms with van der Waals surface area (Å²) in [6, 6.07) is 7.68. The fraction of sp³-hybridized carbons (Fsp3) is 0.429. The van der Waals surface area contributed by atoms with Gasteiger partial charge in [0, 0.05) is 32.9 Å². The van der Waals surface area contributed by atoms with E-state index in [1.807, 2.05) is 28.8 Å². The molecule has 11 heteroatoms. The Labute approximate surface area is 188 Å². The van der Waals surface area contributed by atoms with E-state index in [2.05, 4.69) is 26.8 Å². The van der Waals surface area contributed by atoms with E-state index in [-0.39, 0.29) is 11.2 Å². The maximum Gasteiger partial charge on any atom is 0.359 e. The molecule has 0 spiro atoms. The van der Waals surface area contributed by atoms with E-state index in [1.165, 1.54) is 23.4 Å². The number of rotatable bonds is 5. The number of piperazine rings is 1. The van der Waals surface area contributed by atoms with Crippen LogP contribution in [-0.2, 0) is 20.6 Å². The van der Waals surface area contributed by atoms with Gasteiger partial charge in [-0.3, -0.25) is 18.8 Å². The Morgan fingerprint density at radius 2 is 1.84 bits per heavy atom. The predicted octanol–water partition coefficient (Wildman–Crippen LogP) is 0.538. The normalized spacial score (nSPS) is 15.3. The number of likely N-dealkylation sites (N-methyl/N-ethyl adjacent to an activating group) is 1. The molecule has 3 aromatic heterocycles. The number of H-pyrrole nitrogens is 1. The van der Waals surface area contributed by atoms with Crippen LogP contribution in [0.4, 0.5) is 5.95 Å². The number of para-hydroxylation sites is 2. The molecule has 0 amide bonds. The Bertz CT molecular complexity index is 1380. The minimum atomic E-state index is -0.346. The number of nitrogens with zero attached hydrogens (tertiary/aromatic N) is 6. The Kier molecular flexibility index (Phi) is 5.30. The monoisotopic (exact) mass is 456 g/mol. The van der Waals surface area contributed by atoms with Crippen LogP contribution in [0, 0.1) is 0 Å². The molecular weight excluding hydrogens is 430 g/mol. The van der Waals surface area contributed by atoms with Gasteiger partial charge in [0.2, 0.25) is 11.2 Å². The quantitative estimate of drug-likeness (QED) is 0.346. The molecule has 0 aliphatic carbocycles. The SMILES string of the molecule is CN1CCN(c2[nH]c3c(c(=O)n(C)c(=O)n3C)[n+]2CCSc2nc3ccccc3o2)CC1. The van der Waals surface area contributed by atoms with Gasteiger partial charge >= 0.3 is 11.6 Å². The lowest BCUT2D eigenvalue weighted by atomic mass is 10.3. The first-order chi connectivity index (χ1) is 15.4. The number of fused-ring (bicyclic) bond motifs is 2. The maximum absolute atomic E-state index is 13.1. The standard InChI is InChI=1S/C21H25N7O3S/c1-24-8-10-27(11-9-24)19-23-17-16(18(29)26(3)21(30)25(17)2)28(19)12-13-32-20-22-14-6-4-5-7-15(14)31-20/h4-7H,8-13H2,1-3H3/p+1. The summed E-state index contributed by atoms with van der Waals surface area (Å²) < 4.78 is 10.5. The summed E-state index contributed by atoms with van der Waals surface area (Å²) >= 11 is 1.51. The fourth-order valence-electron chi connectivity index (χ4n) is 4.11. The fourth-order valence-corrected chi connectivity index (χ4v) is 4.87. The molecule has 1 fully saturated rings. The molecule has 1 aromatic carbocycles. The molecule has 0 radical (unpaired) electrons. The van der Waals surface area contributed by atoms with Crippen molar-refractivity contribution in [3.05, 3.63) is 45.1 Å². The van der Waals surface area contributed by atoms with Crippen LogP contribution in [0.1, 0.15) is 0 Å². The molecule has 4 heterocycles. The van der Waals surface area contributed by atoms with Gasteiger partial charge in [-0.2, -0.15) is 0 Å². The second kappa shape index (κ2) is 8.14. The van der Waals surface area contributed by atoms with Crippen LogP contribution in [0.2, 0.25) is 0 Å². The Hall–Kier alpha value is -3.05. The van der Waals surface area contributed by atoms with Crippen molar-refractivity contribution in [2.75, 3.05) is 43.9 Å². The third-order valence-electron chi connectivity index (χ3n) is 6.01. The third kappa shape index (κ3) is 3.51. The number of nitrogens with one attached hydrogen (secondary N) is 1. The smallest absolute Gasteiger partial charge is 0.359 e. The average Bonchev–Trinajstić information content (AvgIpc) is 3.38. The molecule has 1 aliphatic heterocycles. The number of anilines is 1. The van der Waals surface area contributed by atoms with Crippen LogP contribution in [0.25, 0.3) is 22.3 Å². The topological polar surface area (TPSA) is 96.2 Å². The first-order valence-electron chi connectivity index (χ1n) is 10.6. The van der Waals surface area contributed by atoms with Crippen molar-refractivity contribution in [1.82, 2.24) is 24.0 Å². The van der Waals surface area contributed by atoms with Crippen molar-refractivity contribution in [1.29, 1.82) is 0 Å². The summed E-state index contributed by atoms with van der Waals surface area (Å²) in [5.41, 5.74) is 1.99. The molecule has 0 bridgehead atoms. The summed E-state index contributed by atoms with van der Waals surface area (Å²) in [5.74, 6) is 1.52. The van der Waals surface area contributed by atoms with Gasteiger partial charge < -0.3 is 9.32 Å². The Morgan fingerprint density at radius 1 is 1.09 bits per heavy atom. The van der Waals surface area contributed by atoms with Crippen LogP contribution >= 0.6 is 11.8 Å². The van der Waals surface area contributed by atoms with Crippen molar-refractivity contribution in [2.24, 2.45) is 14.1 Å². The number of aryl methyl sites for hydroxylation is 2. The lowest BCUT2D eigenvalue weighted by molar-refractivity contribution is -0.654. The van der Waals surface area contributed by atoms with Gasteiger partial charge in [0.05, 0.1) is 19.6 Å². The van der Waals surface area contributed by atoms with Gasteiger partial charge in [0.15, 0.2) is 5.58 Å². The van der Waals surface area contributed by atoms with E-state index in [9.17, 15) is 9.59 Å². The zero-order chi connectivity index (χ0) is 22.4. The van der Waals surface area contributed by atoms with Gasteiger partial charge in [-0.15, -0.1) is 0 Å². The highest BCUT2D eigenvalue weighted by atomic mass is 32.2. The number of hydrogen-bond acceptors (Lipinski definition) is 7. The van der Waals surface area contributed by atoms with Gasteiger partial charge in [0.1, 0.15) is 5.52 Å². The first-order valence-corrected chi connectivity index (χ1v) is 11.6. The van der Waals surface area contributed by atoms with E-state index in [4.69, 9.17) is 4.42 Å². The van der Waals surface area contributed by atoms with Gasteiger partial charge in [-0.25, -0.2) is 19.3 Å². The van der Waals surface area contributed by atoms with Crippen molar-refractivity contribution in [2.45, 2.75) is 11.8 Å². The van der Waals surface area contributed by atoms with E-state index < -0.39 is 0 Å². The predicted molar refractivity (Wildman–Crippen MR) is 123 cm³/mol. The minimum absolute atomic E-state index is 0.299. The highest BCUT2D eigenvalue weighted by Gasteiger charge is 2.30. The van der Waals surface area contributed by atoms with Crippen LogP contribution < -0.4 is 20.7 Å². The molecule has 1 N–H and O–H groups in total. The van der Waals surface area contributed by atoms with E-state index in [0.717, 1.165) is 47.8 Å². The molecule has 0 unspecified atom stereocenters. The molecule has 1 aliphatic rings. The van der Waals surface area contributed by atoms with Crippen LogP contribution in [0.15, 0.2) is 43.5 Å². The van der Waals surface area contributed by atoms with Crippen molar-refractivity contribution in [3.63, 3.8) is 0 Å². The Balaban J connectivity index is 1.51. The number of hydrogen-bond donors (Lipinski definition) is 1. The summed E-state index contributed by atoms with van der Waals surface area (Å²) in [7, 11) is 5.31. The third-order valence-corrected chi connectivity index (χ3v) is 6.82. The van der Waals surface area contributed by atoms with Crippen LogP contribution in [-0.4, -0.2) is 63.0 Å². The number of benzene rings is 1. The average molecular weight is 457 g/mol. The molecule has 0 atom stereocenters. The first kappa shape index (κ1) is 20.8. The summed E-state index contributed by atoms with van der Waals surface area (Å²) in [6.07, 6.45) is 0. The molecular formula is C21H26N7O3S+. The molecule has 1 saturated heterocycles. The van der Waals surface area contributed by atoms with E-state index >= 15 is 0 Å². The molecule has 168 valence electrons. The van der Waals surface area contributed by atoms with Gasteiger partial charge in [-0.05, 0) is 19.2 Å². The molecule has 10 nitrogen and oxygen atoms in total. The molecule has 5 rings (SSSR count). The number of aromatic amines is 1. The lowest BCUT2D eigenvalue weighted by Gasteiger charge is -2.28. The molecule has 32 heavy (non-hydrogen) atoms. The maximum atomic E-state index is 13.1. The van der Waals surface area contributed by atoms with Gasteiger partial charge in [-0.1, -0.05) is 23.9 Å². The van der Waals surface area contributed by atoms with Crippen LogP contribution in [0.3, 0.4) is 0 Å². The van der Waals surface area contributed by atoms with Crippen molar-refractivity contribution < 1.29 is 8.98 Å².